The summed E-state index contributed by atoms with van der Waals surface area (Å²) < 4.78 is 45.7. The summed E-state index contributed by atoms with van der Waals surface area (Å²) in [6.45, 7) is 0. The number of methoxy groups -OCH3 is 1. The van der Waals surface area contributed by atoms with Crippen molar-refractivity contribution in [2.45, 2.75) is 4.90 Å². The molecule has 0 aliphatic carbocycles. The smallest absolute Gasteiger partial charge is 0.261 e. The molecule has 0 spiro atoms. The van der Waals surface area contributed by atoms with Crippen LogP contribution in [0.4, 0.5) is 15.8 Å². The van der Waals surface area contributed by atoms with E-state index in [1.54, 1.807) is 12.1 Å². The van der Waals surface area contributed by atoms with Crippen LogP contribution >= 0.6 is 15.9 Å². The molecule has 2 aromatic rings. The van der Waals surface area contributed by atoms with Crippen molar-refractivity contribution in [3.8, 4) is 5.75 Å². The molecule has 0 aliphatic rings. The fourth-order valence-corrected chi connectivity index (χ4v) is 3.22. The lowest BCUT2D eigenvalue weighted by molar-refractivity contribution is 0.412. The third kappa shape index (κ3) is 3.45. The minimum absolute atomic E-state index is 0.110. The lowest BCUT2D eigenvalue weighted by atomic mass is 10.3. The summed E-state index contributed by atoms with van der Waals surface area (Å²) in [5, 5.41) is 0. The highest BCUT2D eigenvalue weighted by Crippen LogP contribution is 2.29. The Morgan fingerprint density at radius 2 is 1.95 bits per heavy atom. The molecule has 0 radical (unpaired) electrons. The maximum absolute atomic E-state index is 13.4. The van der Waals surface area contributed by atoms with Crippen molar-refractivity contribution in [2.24, 2.45) is 0 Å². The first kappa shape index (κ1) is 15.6. The summed E-state index contributed by atoms with van der Waals surface area (Å²) in [7, 11) is -2.40. The molecule has 2 rings (SSSR count). The number of nitrogens with two attached hydrogens (primary N) is 1. The van der Waals surface area contributed by atoms with Crippen molar-refractivity contribution < 1.29 is 17.5 Å². The molecule has 0 unspecified atom stereocenters. The number of hydrogen-bond acceptors (Lipinski definition) is 4. The highest BCUT2D eigenvalue weighted by molar-refractivity contribution is 9.10. The highest BCUT2D eigenvalue weighted by Gasteiger charge is 2.16. The van der Waals surface area contributed by atoms with E-state index in [2.05, 4.69) is 20.7 Å². The molecule has 0 amide bonds. The molecular weight excluding hydrogens is 363 g/mol. The summed E-state index contributed by atoms with van der Waals surface area (Å²) >= 11 is 3.26. The summed E-state index contributed by atoms with van der Waals surface area (Å²) in [6.07, 6.45) is 0. The normalized spacial score (nSPS) is 11.2. The Balaban J connectivity index is 2.32. The second-order valence-electron chi connectivity index (χ2n) is 4.14. The number of ether oxygens (including phenoxy) is 1. The molecule has 0 saturated heterocycles. The molecule has 0 bridgehead atoms. The first-order chi connectivity index (χ1) is 9.83. The number of nitrogen functional groups attached to an aromatic ring is 1. The van der Waals surface area contributed by atoms with Gasteiger partial charge in [-0.15, -0.1) is 0 Å². The van der Waals surface area contributed by atoms with Gasteiger partial charge in [0.25, 0.3) is 10.0 Å². The number of sulfonamides is 1. The Hall–Kier alpha value is -1.80. The first-order valence-corrected chi connectivity index (χ1v) is 8.02. The van der Waals surface area contributed by atoms with E-state index < -0.39 is 15.8 Å². The van der Waals surface area contributed by atoms with Gasteiger partial charge in [-0.25, -0.2) is 12.8 Å². The zero-order valence-electron chi connectivity index (χ0n) is 10.9. The number of halogens is 2. The highest BCUT2D eigenvalue weighted by atomic mass is 79.9. The number of hydrogen-bond donors (Lipinski definition) is 2. The Labute approximate surface area is 130 Å². The Bertz CT molecular complexity index is 781. The Kier molecular flexibility index (Phi) is 4.38. The van der Waals surface area contributed by atoms with Crippen molar-refractivity contribution in [3.05, 3.63) is 46.7 Å². The van der Waals surface area contributed by atoms with Gasteiger partial charge in [0.1, 0.15) is 11.6 Å². The maximum atomic E-state index is 13.4. The van der Waals surface area contributed by atoms with Crippen molar-refractivity contribution in [1.29, 1.82) is 0 Å². The maximum Gasteiger partial charge on any atom is 0.261 e. The first-order valence-electron chi connectivity index (χ1n) is 5.75. The van der Waals surface area contributed by atoms with Gasteiger partial charge in [-0.2, -0.15) is 0 Å². The van der Waals surface area contributed by atoms with Crippen LogP contribution in [0.3, 0.4) is 0 Å². The molecule has 3 N–H and O–H groups in total. The molecule has 8 heteroatoms. The van der Waals surface area contributed by atoms with Gasteiger partial charge < -0.3 is 10.5 Å². The third-order valence-electron chi connectivity index (χ3n) is 2.69. The minimum atomic E-state index is -3.90. The largest absolute Gasteiger partial charge is 0.496 e. The molecule has 5 nitrogen and oxygen atoms in total. The summed E-state index contributed by atoms with van der Waals surface area (Å²) in [5.74, 6) is -0.217. The summed E-state index contributed by atoms with van der Waals surface area (Å²) in [5.41, 5.74) is 5.54. The number of nitrogens with one attached hydrogen (secondary N) is 1. The number of benzene rings is 2. The van der Waals surface area contributed by atoms with Crippen LogP contribution in [0.2, 0.25) is 0 Å². The van der Waals surface area contributed by atoms with Gasteiger partial charge in [-0.3, -0.25) is 4.72 Å². The van der Waals surface area contributed by atoms with Gasteiger partial charge in [0.05, 0.1) is 27.9 Å². The molecule has 0 heterocycles. The monoisotopic (exact) mass is 374 g/mol. The van der Waals surface area contributed by atoms with Gasteiger partial charge >= 0.3 is 0 Å². The van der Waals surface area contributed by atoms with Gasteiger partial charge in [-0.1, -0.05) is 0 Å². The second kappa shape index (κ2) is 5.90. The van der Waals surface area contributed by atoms with Crippen LogP contribution in [0.5, 0.6) is 5.75 Å². The molecule has 0 aromatic heterocycles. The molecule has 2 aromatic carbocycles. The van der Waals surface area contributed by atoms with E-state index in [0.717, 1.165) is 6.07 Å². The van der Waals surface area contributed by atoms with Crippen LogP contribution in [-0.2, 0) is 10.0 Å². The van der Waals surface area contributed by atoms with Crippen molar-refractivity contribution in [1.82, 2.24) is 0 Å². The molecule has 0 fully saturated rings. The zero-order chi connectivity index (χ0) is 15.6. The molecule has 0 saturated carbocycles. The van der Waals surface area contributed by atoms with Crippen molar-refractivity contribution >= 4 is 37.3 Å². The quantitative estimate of drug-likeness (QED) is 0.806. The average molecular weight is 375 g/mol. The number of rotatable bonds is 4. The van der Waals surface area contributed by atoms with Gasteiger partial charge in [0.15, 0.2) is 0 Å². The summed E-state index contributed by atoms with van der Waals surface area (Å²) in [4.78, 5) is -0.207. The van der Waals surface area contributed by atoms with E-state index in [-0.39, 0.29) is 10.6 Å². The van der Waals surface area contributed by atoms with Gasteiger partial charge in [-0.05, 0) is 52.3 Å². The van der Waals surface area contributed by atoms with Crippen molar-refractivity contribution in [3.63, 3.8) is 0 Å². The van der Waals surface area contributed by atoms with Crippen LogP contribution < -0.4 is 15.2 Å². The lowest BCUT2D eigenvalue weighted by Gasteiger charge is -2.10. The van der Waals surface area contributed by atoms with Crippen LogP contribution in [0.25, 0.3) is 0 Å². The van der Waals surface area contributed by atoms with Crippen LogP contribution in [0.15, 0.2) is 45.8 Å². The van der Waals surface area contributed by atoms with Gasteiger partial charge in [0.2, 0.25) is 0 Å². The predicted molar refractivity (Wildman–Crippen MR) is 82.3 cm³/mol. The molecule has 112 valence electrons. The van der Waals surface area contributed by atoms with E-state index in [1.165, 1.54) is 25.3 Å². The fraction of sp³-hybridized carbons (Fsp3) is 0.0769. The SMILES string of the molecule is COc1ccc(NS(=O)(=O)c2ccc(N)c(F)c2)cc1Br. The minimum Gasteiger partial charge on any atom is -0.496 e. The lowest BCUT2D eigenvalue weighted by Crippen LogP contribution is -2.13. The van der Waals surface area contributed by atoms with E-state index in [1.807, 2.05) is 0 Å². The zero-order valence-corrected chi connectivity index (χ0v) is 13.3. The standard InChI is InChI=1S/C13H12BrFN2O3S/c1-20-13-5-2-8(6-10(13)14)17-21(18,19)9-3-4-12(16)11(15)7-9/h2-7,17H,16H2,1H3. The summed E-state index contributed by atoms with van der Waals surface area (Å²) in [6, 6.07) is 7.99. The predicted octanol–water partition coefficient (Wildman–Crippen LogP) is 2.98. The Morgan fingerprint density at radius 3 is 2.52 bits per heavy atom. The van der Waals surface area contributed by atoms with Crippen LogP contribution in [-0.4, -0.2) is 15.5 Å². The van der Waals surface area contributed by atoms with E-state index in [4.69, 9.17) is 10.5 Å². The van der Waals surface area contributed by atoms with E-state index in [9.17, 15) is 12.8 Å². The number of anilines is 2. The van der Waals surface area contributed by atoms with Crippen LogP contribution in [0.1, 0.15) is 0 Å². The molecular formula is C13H12BrFN2O3S. The van der Waals surface area contributed by atoms with E-state index >= 15 is 0 Å². The average Bonchev–Trinajstić information content (AvgIpc) is 2.41. The topological polar surface area (TPSA) is 81.4 Å². The fourth-order valence-electron chi connectivity index (χ4n) is 1.62. The molecule has 0 atom stereocenters. The van der Waals surface area contributed by atoms with E-state index in [0.29, 0.717) is 15.9 Å². The van der Waals surface area contributed by atoms with Crippen molar-refractivity contribution in [2.75, 3.05) is 17.6 Å². The van der Waals surface area contributed by atoms with Gasteiger partial charge in [0, 0.05) is 0 Å². The Morgan fingerprint density at radius 1 is 1.24 bits per heavy atom. The van der Waals surface area contributed by atoms with Crippen LogP contribution in [0, 0.1) is 5.82 Å². The molecule has 0 aliphatic heterocycles. The third-order valence-corrected chi connectivity index (χ3v) is 4.68. The molecule has 21 heavy (non-hydrogen) atoms. The second-order valence-corrected chi connectivity index (χ2v) is 6.67.